The maximum atomic E-state index is 13.5. The van der Waals surface area contributed by atoms with E-state index < -0.39 is 11.6 Å². The Kier molecular flexibility index (Phi) is 4.14. The van der Waals surface area contributed by atoms with Gasteiger partial charge in [-0.05, 0) is 26.0 Å². The third-order valence-corrected chi connectivity index (χ3v) is 4.76. The number of rotatable bonds is 3. The number of carbonyl (C=O) groups excluding carboxylic acids is 1. The fourth-order valence-corrected chi connectivity index (χ4v) is 3.42. The molecule has 4 nitrogen and oxygen atoms in total. The van der Waals surface area contributed by atoms with E-state index in [9.17, 15) is 13.6 Å². The van der Waals surface area contributed by atoms with Crippen molar-refractivity contribution in [3.05, 3.63) is 29.3 Å². The number of nitrogens with zero attached hydrogens (tertiary/aromatic N) is 1. The molecule has 0 aliphatic carbocycles. The van der Waals surface area contributed by atoms with Gasteiger partial charge < -0.3 is 9.47 Å². The van der Waals surface area contributed by atoms with Crippen LogP contribution in [0.2, 0.25) is 0 Å². The molecule has 2 fully saturated rings. The van der Waals surface area contributed by atoms with Crippen LogP contribution >= 0.6 is 0 Å². The molecular formula is C16H19F2NO3. The summed E-state index contributed by atoms with van der Waals surface area (Å²) in [6, 6.07) is 2.26. The molecule has 0 N–H and O–H groups in total. The van der Waals surface area contributed by atoms with Crippen molar-refractivity contribution in [3.63, 3.8) is 0 Å². The number of methoxy groups -OCH3 is 1. The number of hydrogen-bond donors (Lipinski definition) is 0. The first-order valence-electron chi connectivity index (χ1n) is 7.38. The van der Waals surface area contributed by atoms with Gasteiger partial charge in [0, 0.05) is 24.1 Å². The summed E-state index contributed by atoms with van der Waals surface area (Å²) >= 11 is 0. The topological polar surface area (TPSA) is 38.8 Å². The number of ketones is 1. The lowest BCUT2D eigenvalue weighted by Crippen LogP contribution is -2.55. The lowest BCUT2D eigenvalue weighted by molar-refractivity contribution is -0.0702. The standard InChI is InChI=1S/C16H19F2NO3/c1-19-10-3-9(4-11(19)8-22-7-10)16(20)12-5-13(17)14(18)6-15(12)21-2/h5-6,9-11H,3-4,7-8H2,1-2H3. The molecule has 6 heteroatoms. The first-order chi connectivity index (χ1) is 10.5. The van der Waals surface area contributed by atoms with Gasteiger partial charge in [0.25, 0.3) is 0 Å². The van der Waals surface area contributed by atoms with Crippen molar-refractivity contribution in [1.82, 2.24) is 4.90 Å². The lowest BCUT2D eigenvalue weighted by Gasteiger charge is -2.46. The van der Waals surface area contributed by atoms with Crippen molar-refractivity contribution in [2.45, 2.75) is 24.9 Å². The predicted octanol–water partition coefficient (Wildman–Crippen LogP) is 2.27. The van der Waals surface area contributed by atoms with Crippen LogP contribution in [0.15, 0.2) is 12.1 Å². The number of likely N-dealkylation sites (N-methyl/N-ethyl adjacent to an activating group) is 1. The van der Waals surface area contributed by atoms with E-state index in [4.69, 9.17) is 9.47 Å². The predicted molar refractivity (Wildman–Crippen MR) is 76.1 cm³/mol. The summed E-state index contributed by atoms with van der Waals surface area (Å²) < 4.78 is 37.4. The molecule has 1 aromatic carbocycles. The number of fused-ring (bicyclic) bond motifs is 2. The fraction of sp³-hybridized carbons (Fsp3) is 0.562. The number of benzene rings is 1. The Bertz CT molecular complexity index is 579. The maximum Gasteiger partial charge on any atom is 0.169 e. The molecule has 0 radical (unpaired) electrons. The first-order valence-corrected chi connectivity index (χ1v) is 7.38. The Morgan fingerprint density at radius 3 is 2.41 bits per heavy atom. The second-order valence-electron chi connectivity index (χ2n) is 6.01. The normalized spacial score (nSPS) is 28.5. The second-order valence-corrected chi connectivity index (χ2v) is 6.01. The Morgan fingerprint density at radius 1 is 1.23 bits per heavy atom. The molecule has 0 saturated carbocycles. The molecule has 3 rings (SSSR count). The van der Waals surface area contributed by atoms with Gasteiger partial charge in [0.2, 0.25) is 0 Å². The van der Waals surface area contributed by atoms with Gasteiger partial charge in [-0.25, -0.2) is 8.78 Å². The molecule has 1 aromatic rings. The Hall–Kier alpha value is -1.53. The van der Waals surface area contributed by atoms with E-state index in [0.29, 0.717) is 26.1 Å². The van der Waals surface area contributed by atoms with Crippen LogP contribution in [0, 0.1) is 17.6 Å². The Morgan fingerprint density at radius 2 is 1.82 bits per heavy atom. The molecule has 120 valence electrons. The number of piperidine rings is 1. The van der Waals surface area contributed by atoms with Gasteiger partial charge in [-0.3, -0.25) is 9.69 Å². The monoisotopic (exact) mass is 311 g/mol. The molecule has 0 amide bonds. The SMILES string of the molecule is COc1cc(F)c(F)cc1C(=O)C1CC2COCC(C1)N2C. The molecule has 2 saturated heterocycles. The number of hydrogen-bond acceptors (Lipinski definition) is 4. The zero-order valence-corrected chi connectivity index (χ0v) is 12.6. The summed E-state index contributed by atoms with van der Waals surface area (Å²) in [6.07, 6.45) is 1.32. The van der Waals surface area contributed by atoms with E-state index >= 15 is 0 Å². The van der Waals surface area contributed by atoms with Crippen LogP contribution in [-0.4, -0.2) is 50.1 Å². The highest BCUT2D eigenvalue weighted by molar-refractivity contribution is 6.00. The van der Waals surface area contributed by atoms with Gasteiger partial charge in [0.05, 0.1) is 25.9 Å². The van der Waals surface area contributed by atoms with E-state index in [1.54, 1.807) is 0 Å². The minimum Gasteiger partial charge on any atom is -0.496 e. The van der Waals surface area contributed by atoms with E-state index in [1.807, 2.05) is 7.05 Å². The number of halogens is 2. The van der Waals surface area contributed by atoms with Crippen molar-refractivity contribution < 1.29 is 23.0 Å². The molecule has 22 heavy (non-hydrogen) atoms. The molecule has 2 aliphatic rings. The third kappa shape index (κ3) is 2.61. The van der Waals surface area contributed by atoms with E-state index in [0.717, 1.165) is 12.1 Å². The highest BCUT2D eigenvalue weighted by atomic mass is 19.2. The van der Waals surface area contributed by atoms with Crippen LogP contribution in [0.4, 0.5) is 8.78 Å². The van der Waals surface area contributed by atoms with Crippen molar-refractivity contribution in [3.8, 4) is 5.75 Å². The quantitative estimate of drug-likeness (QED) is 0.803. The Balaban J connectivity index is 1.87. The van der Waals surface area contributed by atoms with Gasteiger partial charge >= 0.3 is 0 Å². The van der Waals surface area contributed by atoms with Gasteiger partial charge in [-0.1, -0.05) is 0 Å². The van der Waals surface area contributed by atoms with Crippen LogP contribution in [0.5, 0.6) is 5.75 Å². The average molecular weight is 311 g/mol. The summed E-state index contributed by atoms with van der Waals surface area (Å²) in [5, 5.41) is 0. The van der Waals surface area contributed by atoms with Crippen LogP contribution in [0.25, 0.3) is 0 Å². The van der Waals surface area contributed by atoms with Gasteiger partial charge in [-0.15, -0.1) is 0 Å². The van der Waals surface area contributed by atoms with Crippen molar-refractivity contribution in [2.75, 3.05) is 27.4 Å². The first kappa shape index (κ1) is 15.4. The van der Waals surface area contributed by atoms with Crippen LogP contribution in [0.3, 0.4) is 0 Å². The second kappa shape index (κ2) is 5.93. The minimum absolute atomic E-state index is 0.0873. The van der Waals surface area contributed by atoms with Crippen molar-refractivity contribution >= 4 is 5.78 Å². The largest absolute Gasteiger partial charge is 0.496 e. The fourth-order valence-electron chi connectivity index (χ4n) is 3.42. The molecule has 2 atom stereocenters. The van der Waals surface area contributed by atoms with Crippen molar-refractivity contribution in [1.29, 1.82) is 0 Å². The van der Waals surface area contributed by atoms with E-state index in [-0.39, 0.29) is 35.1 Å². The van der Waals surface area contributed by atoms with Gasteiger partial charge in [0.15, 0.2) is 17.4 Å². The number of Topliss-reactive ketones (excluding diaryl/α,β-unsaturated/α-hetero) is 1. The molecule has 0 aromatic heterocycles. The molecule has 2 unspecified atom stereocenters. The molecule has 2 heterocycles. The van der Waals surface area contributed by atoms with Crippen LogP contribution < -0.4 is 4.74 Å². The minimum atomic E-state index is -1.03. The molecule has 0 spiro atoms. The van der Waals surface area contributed by atoms with Crippen LogP contribution in [-0.2, 0) is 4.74 Å². The highest BCUT2D eigenvalue weighted by Crippen LogP contribution is 2.34. The smallest absolute Gasteiger partial charge is 0.169 e. The average Bonchev–Trinajstić information content (AvgIpc) is 2.48. The summed E-state index contributed by atoms with van der Waals surface area (Å²) in [4.78, 5) is 15.0. The summed E-state index contributed by atoms with van der Waals surface area (Å²) in [6.45, 7) is 1.21. The zero-order chi connectivity index (χ0) is 15.9. The summed E-state index contributed by atoms with van der Waals surface area (Å²) in [7, 11) is 3.39. The number of ether oxygens (including phenoxy) is 2. The third-order valence-electron chi connectivity index (χ3n) is 4.76. The summed E-state index contributed by atoms with van der Waals surface area (Å²) in [5.41, 5.74) is 0.120. The Labute approximate surface area is 128 Å². The van der Waals surface area contributed by atoms with E-state index in [1.165, 1.54) is 7.11 Å². The zero-order valence-electron chi connectivity index (χ0n) is 12.6. The van der Waals surface area contributed by atoms with Gasteiger partial charge in [-0.2, -0.15) is 0 Å². The number of carbonyl (C=O) groups is 1. The molecular weight excluding hydrogens is 292 g/mol. The van der Waals surface area contributed by atoms with Crippen molar-refractivity contribution in [2.24, 2.45) is 5.92 Å². The lowest BCUT2D eigenvalue weighted by atomic mass is 9.81. The van der Waals surface area contributed by atoms with Crippen LogP contribution in [0.1, 0.15) is 23.2 Å². The maximum absolute atomic E-state index is 13.5. The van der Waals surface area contributed by atoms with E-state index in [2.05, 4.69) is 4.90 Å². The molecule has 2 aliphatic heterocycles. The highest BCUT2D eigenvalue weighted by Gasteiger charge is 2.40. The van der Waals surface area contributed by atoms with Gasteiger partial charge in [0.1, 0.15) is 5.75 Å². The number of morpholine rings is 1. The molecule has 2 bridgehead atoms. The summed E-state index contributed by atoms with van der Waals surface area (Å²) in [5.74, 6) is -2.35.